The quantitative estimate of drug-likeness (QED) is 0.643. The van der Waals surface area contributed by atoms with Gasteiger partial charge in [0, 0.05) is 17.3 Å². The molecule has 0 amide bonds. The van der Waals surface area contributed by atoms with Crippen LogP contribution in [-0.2, 0) is 20.0 Å². The lowest BCUT2D eigenvalue weighted by atomic mass is 10.3. The summed E-state index contributed by atoms with van der Waals surface area (Å²) in [5.41, 5.74) is 5.88. The molecule has 7 nitrogen and oxygen atoms in total. The van der Waals surface area contributed by atoms with Gasteiger partial charge in [0.1, 0.15) is 5.82 Å². The van der Waals surface area contributed by atoms with Crippen LogP contribution in [-0.4, -0.2) is 21.8 Å². The second-order valence-corrected chi connectivity index (χ2v) is 9.72. The Kier molecular flexibility index (Phi) is 4.69. The minimum atomic E-state index is -4.56. The molecule has 0 aliphatic heterocycles. The van der Waals surface area contributed by atoms with E-state index in [2.05, 4.69) is 4.98 Å². The summed E-state index contributed by atoms with van der Waals surface area (Å²) >= 11 is 0.838. The molecule has 0 atom stereocenters. The van der Waals surface area contributed by atoms with Crippen molar-refractivity contribution in [2.45, 2.75) is 9.79 Å². The molecule has 2 aromatic carbocycles. The monoisotopic (exact) mass is 413 g/mol. The number of rotatable bonds is 5. The summed E-state index contributed by atoms with van der Waals surface area (Å²) in [6.07, 6.45) is 1.28. The van der Waals surface area contributed by atoms with Crippen LogP contribution in [0.2, 0.25) is 0 Å². The first-order chi connectivity index (χ1) is 12.2. The van der Waals surface area contributed by atoms with E-state index in [-0.39, 0.29) is 18.6 Å². The number of hydrogen-bond acceptors (Lipinski definition) is 7. The number of nitrogens with zero attached hydrogens (tertiary/aromatic N) is 2. The van der Waals surface area contributed by atoms with Crippen LogP contribution in [0.3, 0.4) is 0 Å². The average Bonchev–Trinajstić information content (AvgIpc) is 3.09. The Morgan fingerprint density at radius 3 is 1.85 bits per heavy atom. The molecule has 3 aromatic rings. The van der Waals surface area contributed by atoms with Crippen LogP contribution < -0.4 is 9.44 Å². The molecule has 0 saturated carbocycles. The van der Waals surface area contributed by atoms with E-state index in [9.17, 15) is 21.2 Å². The standard InChI is InChI=1S/C15H12FN3O4S3/c16-11-1-5-13(6-2-11)25(20,21)19(15-18-9-10-24-15)26(22,23)14-7-3-12(17)4-8-14/h1-10H,17H2. The first kappa shape index (κ1) is 18.3. The highest BCUT2D eigenvalue weighted by atomic mass is 32.3. The highest BCUT2D eigenvalue weighted by Crippen LogP contribution is 2.32. The Morgan fingerprint density at radius 2 is 1.38 bits per heavy atom. The molecular weight excluding hydrogens is 401 g/mol. The van der Waals surface area contributed by atoms with Gasteiger partial charge in [-0.15, -0.1) is 15.0 Å². The fourth-order valence-electron chi connectivity index (χ4n) is 2.08. The molecule has 136 valence electrons. The molecule has 0 fully saturated rings. The first-order valence-corrected chi connectivity index (χ1v) is 10.8. The highest BCUT2D eigenvalue weighted by molar-refractivity contribution is 8.10. The molecule has 0 aliphatic carbocycles. The fraction of sp³-hybridized carbons (Fsp3) is 0. The van der Waals surface area contributed by atoms with E-state index in [0.717, 1.165) is 35.6 Å². The van der Waals surface area contributed by atoms with Gasteiger partial charge in [-0.05, 0) is 48.5 Å². The van der Waals surface area contributed by atoms with Crippen LogP contribution in [0.5, 0.6) is 0 Å². The van der Waals surface area contributed by atoms with Gasteiger partial charge in [-0.2, -0.15) is 16.8 Å². The number of anilines is 2. The average molecular weight is 413 g/mol. The zero-order valence-electron chi connectivity index (χ0n) is 13.0. The normalized spacial score (nSPS) is 12.0. The molecule has 0 bridgehead atoms. The molecule has 2 N–H and O–H groups in total. The first-order valence-electron chi connectivity index (χ1n) is 7.04. The molecule has 0 radical (unpaired) electrons. The van der Waals surface area contributed by atoms with Crippen molar-refractivity contribution in [3.63, 3.8) is 0 Å². The number of halogens is 1. The fourth-order valence-corrected chi connectivity index (χ4v) is 6.78. The number of hydrogen-bond donors (Lipinski definition) is 1. The maximum absolute atomic E-state index is 13.1. The predicted octanol–water partition coefficient (Wildman–Crippen LogP) is 2.45. The maximum atomic E-state index is 13.1. The van der Waals surface area contributed by atoms with Crippen molar-refractivity contribution < 1.29 is 21.2 Å². The predicted molar refractivity (Wildman–Crippen MR) is 96.2 cm³/mol. The van der Waals surface area contributed by atoms with Gasteiger partial charge < -0.3 is 5.73 Å². The van der Waals surface area contributed by atoms with Crippen molar-refractivity contribution in [3.05, 3.63) is 65.9 Å². The van der Waals surface area contributed by atoms with Crippen molar-refractivity contribution >= 4 is 42.2 Å². The molecular formula is C15H12FN3O4S3. The number of benzene rings is 2. The van der Waals surface area contributed by atoms with Gasteiger partial charge in [-0.1, -0.05) is 0 Å². The van der Waals surface area contributed by atoms with Crippen molar-refractivity contribution in [2.75, 3.05) is 9.44 Å². The molecule has 26 heavy (non-hydrogen) atoms. The van der Waals surface area contributed by atoms with E-state index in [0.29, 0.717) is 5.69 Å². The zero-order valence-corrected chi connectivity index (χ0v) is 15.4. The Morgan fingerprint density at radius 1 is 0.885 bits per heavy atom. The molecule has 3 rings (SSSR count). The second kappa shape index (κ2) is 6.67. The van der Waals surface area contributed by atoms with Gasteiger partial charge in [0.15, 0.2) is 0 Å². The summed E-state index contributed by atoms with van der Waals surface area (Å²) in [6, 6.07) is 8.94. The lowest BCUT2D eigenvalue weighted by Gasteiger charge is -2.21. The summed E-state index contributed by atoms with van der Waals surface area (Å²) in [7, 11) is -9.07. The lowest BCUT2D eigenvalue weighted by Crippen LogP contribution is -2.37. The number of nitrogens with two attached hydrogens (primary N) is 1. The van der Waals surface area contributed by atoms with Gasteiger partial charge >= 0.3 is 0 Å². The molecule has 0 aliphatic rings. The van der Waals surface area contributed by atoms with Crippen LogP contribution in [0.15, 0.2) is 69.9 Å². The van der Waals surface area contributed by atoms with Crippen molar-refractivity contribution in [1.29, 1.82) is 0 Å². The Balaban J connectivity index is 2.21. The number of sulfonamides is 2. The van der Waals surface area contributed by atoms with E-state index in [1.54, 1.807) is 0 Å². The smallest absolute Gasteiger partial charge is 0.279 e. The Hall–Kier alpha value is -2.50. The van der Waals surface area contributed by atoms with Crippen molar-refractivity contribution in [3.8, 4) is 0 Å². The summed E-state index contributed by atoms with van der Waals surface area (Å²) < 4.78 is 65.4. The molecule has 0 spiro atoms. The van der Waals surface area contributed by atoms with E-state index < -0.39 is 25.9 Å². The third-order valence-electron chi connectivity index (χ3n) is 3.30. The van der Waals surface area contributed by atoms with Crippen LogP contribution >= 0.6 is 11.3 Å². The van der Waals surface area contributed by atoms with Crippen LogP contribution in [0, 0.1) is 5.82 Å². The molecule has 11 heteroatoms. The Labute approximate surface area is 153 Å². The van der Waals surface area contributed by atoms with Crippen molar-refractivity contribution in [2.24, 2.45) is 0 Å². The molecule has 1 aromatic heterocycles. The zero-order chi connectivity index (χ0) is 18.9. The SMILES string of the molecule is Nc1ccc(S(=O)(=O)N(c2nccs2)S(=O)(=O)c2ccc(F)cc2)cc1. The second-order valence-electron chi connectivity index (χ2n) is 5.04. The largest absolute Gasteiger partial charge is 0.399 e. The molecule has 0 unspecified atom stereocenters. The lowest BCUT2D eigenvalue weighted by molar-refractivity contribution is 0.583. The van der Waals surface area contributed by atoms with Crippen molar-refractivity contribution in [1.82, 2.24) is 4.98 Å². The summed E-state index contributed by atoms with van der Waals surface area (Å²) in [5, 5.41) is 1.19. The van der Waals surface area contributed by atoms with E-state index in [1.165, 1.54) is 35.8 Å². The number of thiazole rings is 1. The summed E-state index contributed by atoms with van der Waals surface area (Å²) in [5.74, 6) is -0.647. The van der Waals surface area contributed by atoms with E-state index in [4.69, 9.17) is 5.73 Å². The van der Waals surface area contributed by atoms with Gasteiger partial charge in [0.2, 0.25) is 5.13 Å². The Bertz CT molecular complexity index is 1040. The summed E-state index contributed by atoms with van der Waals surface area (Å²) in [6.45, 7) is 0. The van der Waals surface area contributed by atoms with Gasteiger partial charge in [0.05, 0.1) is 9.79 Å². The highest BCUT2D eigenvalue weighted by Gasteiger charge is 2.38. The molecule has 1 heterocycles. The summed E-state index contributed by atoms with van der Waals surface area (Å²) in [4.78, 5) is 3.17. The third kappa shape index (κ3) is 3.28. The van der Waals surface area contributed by atoms with Gasteiger partial charge in [-0.25, -0.2) is 9.37 Å². The van der Waals surface area contributed by atoms with E-state index >= 15 is 0 Å². The van der Waals surface area contributed by atoms with Crippen LogP contribution in [0.25, 0.3) is 0 Å². The number of nitrogen functional groups attached to an aromatic ring is 1. The minimum absolute atomic E-state index is 0.240. The number of aromatic nitrogens is 1. The van der Waals surface area contributed by atoms with Gasteiger partial charge in [0.25, 0.3) is 20.0 Å². The third-order valence-corrected chi connectivity index (χ3v) is 8.42. The van der Waals surface area contributed by atoms with Crippen LogP contribution in [0.1, 0.15) is 0 Å². The van der Waals surface area contributed by atoms with Crippen LogP contribution in [0.4, 0.5) is 15.2 Å². The maximum Gasteiger partial charge on any atom is 0.279 e. The topological polar surface area (TPSA) is 110 Å². The molecule has 0 saturated heterocycles. The van der Waals surface area contributed by atoms with E-state index in [1.807, 2.05) is 0 Å². The van der Waals surface area contributed by atoms with Gasteiger partial charge in [-0.3, -0.25) is 0 Å². The minimum Gasteiger partial charge on any atom is -0.399 e.